The molecule has 1 unspecified atom stereocenters. The third-order valence-electron chi connectivity index (χ3n) is 3.95. The molecule has 1 atom stereocenters. The number of carbonyl (C=O) groups excluding carboxylic acids is 2. The Morgan fingerprint density at radius 1 is 1.17 bits per heavy atom. The number of hydrogen-bond acceptors (Lipinski definition) is 3. The summed E-state index contributed by atoms with van der Waals surface area (Å²) in [6.45, 7) is 0.466. The molecule has 1 heterocycles. The van der Waals surface area contributed by atoms with Crippen molar-refractivity contribution in [3.05, 3.63) is 58.6 Å². The van der Waals surface area contributed by atoms with Crippen molar-refractivity contribution in [3.63, 3.8) is 0 Å². The maximum absolute atomic E-state index is 12.3. The summed E-state index contributed by atoms with van der Waals surface area (Å²) in [4.78, 5) is 26.2. The van der Waals surface area contributed by atoms with Crippen molar-refractivity contribution < 1.29 is 14.3 Å². The normalized spacial score (nSPS) is 17.0. The van der Waals surface area contributed by atoms with Gasteiger partial charge in [-0.3, -0.25) is 9.59 Å². The van der Waals surface area contributed by atoms with Gasteiger partial charge in [0.05, 0.1) is 13.2 Å². The van der Waals surface area contributed by atoms with Gasteiger partial charge in [-0.1, -0.05) is 15.9 Å². The second-order valence-corrected chi connectivity index (χ2v) is 6.50. The molecule has 0 radical (unpaired) electrons. The average molecular weight is 389 g/mol. The summed E-state index contributed by atoms with van der Waals surface area (Å²) < 4.78 is 6.04. The van der Waals surface area contributed by atoms with Crippen LogP contribution in [0.3, 0.4) is 0 Å². The van der Waals surface area contributed by atoms with Crippen LogP contribution in [0.2, 0.25) is 0 Å². The van der Waals surface area contributed by atoms with Crippen molar-refractivity contribution >= 4 is 33.4 Å². The standard InChI is InChI=1S/C18H17BrN2O3/c1-24-16-8-6-15(7-9-16)21-11-14(10-17(21)22)20-18(23)12-2-4-13(19)5-3-12/h2-9,14H,10-11H2,1H3,(H,20,23). The minimum absolute atomic E-state index is 0.00118. The van der Waals surface area contributed by atoms with E-state index in [1.165, 1.54) is 0 Å². The highest BCUT2D eigenvalue weighted by Gasteiger charge is 2.31. The third kappa shape index (κ3) is 3.59. The Morgan fingerprint density at radius 3 is 2.46 bits per heavy atom. The van der Waals surface area contributed by atoms with Gasteiger partial charge < -0.3 is 15.0 Å². The molecule has 2 amide bonds. The van der Waals surface area contributed by atoms with Gasteiger partial charge in [-0.05, 0) is 48.5 Å². The topological polar surface area (TPSA) is 58.6 Å². The number of benzene rings is 2. The lowest BCUT2D eigenvalue weighted by atomic mass is 10.2. The van der Waals surface area contributed by atoms with E-state index in [4.69, 9.17) is 4.74 Å². The lowest BCUT2D eigenvalue weighted by Gasteiger charge is -2.17. The van der Waals surface area contributed by atoms with E-state index in [0.29, 0.717) is 18.5 Å². The highest BCUT2D eigenvalue weighted by molar-refractivity contribution is 9.10. The first-order valence-electron chi connectivity index (χ1n) is 7.57. The number of rotatable bonds is 4. The number of amides is 2. The fourth-order valence-electron chi connectivity index (χ4n) is 2.69. The highest BCUT2D eigenvalue weighted by Crippen LogP contribution is 2.24. The molecule has 1 aliphatic rings. The van der Waals surface area contributed by atoms with Crippen molar-refractivity contribution in [1.82, 2.24) is 5.32 Å². The summed E-state index contributed by atoms with van der Waals surface area (Å²) in [6.07, 6.45) is 0.300. The second kappa shape index (κ2) is 7.05. The third-order valence-corrected chi connectivity index (χ3v) is 4.48. The maximum atomic E-state index is 12.3. The molecule has 0 aromatic heterocycles. The fourth-order valence-corrected chi connectivity index (χ4v) is 2.95. The van der Waals surface area contributed by atoms with Gasteiger partial charge in [-0.15, -0.1) is 0 Å². The molecule has 3 rings (SSSR count). The van der Waals surface area contributed by atoms with E-state index in [-0.39, 0.29) is 17.9 Å². The smallest absolute Gasteiger partial charge is 0.251 e. The van der Waals surface area contributed by atoms with Crippen molar-refractivity contribution in [2.75, 3.05) is 18.6 Å². The van der Waals surface area contributed by atoms with Crippen LogP contribution in [0.15, 0.2) is 53.0 Å². The first kappa shape index (κ1) is 16.5. The molecule has 124 valence electrons. The SMILES string of the molecule is COc1ccc(N2CC(NC(=O)c3ccc(Br)cc3)CC2=O)cc1. The number of hydrogen-bond donors (Lipinski definition) is 1. The summed E-state index contributed by atoms with van der Waals surface area (Å²) in [7, 11) is 1.60. The molecule has 0 aliphatic carbocycles. The molecule has 0 bridgehead atoms. The van der Waals surface area contributed by atoms with Crippen LogP contribution in [0.4, 0.5) is 5.69 Å². The second-order valence-electron chi connectivity index (χ2n) is 5.58. The van der Waals surface area contributed by atoms with Crippen LogP contribution >= 0.6 is 15.9 Å². The van der Waals surface area contributed by atoms with Crippen LogP contribution in [0, 0.1) is 0 Å². The number of carbonyl (C=O) groups is 2. The van der Waals surface area contributed by atoms with E-state index in [0.717, 1.165) is 15.9 Å². The van der Waals surface area contributed by atoms with Crippen molar-refractivity contribution in [2.45, 2.75) is 12.5 Å². The van der Waals surface area contributed by atoms with E-state index in [2.05, 4.69) is 21.2 Å². The zero-order chi connectivity index (χ0) is 17.1. The van der Waals surface area contributed by atoms with Crippen LogP contribution in [0.25, 0.3) is 0 Å². The Balaban J connectivity index is 1.65. The van der Waals surface area contributed by atoms with Gasteiger partial charge in [0.2, 0.25) is 5.91 Å². The molecule has 1 saturated heterocycles. The Kier molecular flexibility index (Phi) is 4.85. The van der Waals surface area contributed by atoms with Gasteiger partial charge in [-0.25, -0.2) is 0 Å². The molecule has 0 saturated carbocycles. The Morgan fingerprint density at radius 2 is 1.83 bits per heavy atom. The lowest BCUT2D eigenvalue weighted by molar-refractivity contribution is -0.117. The van der Waals surface area contributed by atoms with Gasteiger partial charge in [0.15, 0.2) is 0 Å². The van der Waals surface area contributed by atoms with Gasteiger partial charge in [0.1, 0.15) is 5.75 Å². The largest absolute Gasteiger partial charge is 0.497 e. The molecule has 5 nitrogen and oxygen atoms in total. The van der Waals surface area contributed by atoms with Crippen LogP contribution in [-0.4, -0.2) is 31.5 Å². The number of anilines is 1. The zero-order valence-corrected chi connectivity index (χ0v) is 14.7. The van der Waals surface area contributed by atoms with E-state index in [1.54, 1.807) is 24.1 Å². The van der Waals surface area contributed by atoms with E-state index in [1.807, 2.05) is 36.4 Å². The molecule has 2 aromatic carbocycles. The van der Waals surface area contributed by atoms with Crippen LogP contribution in [0.1, 0.15) is 16.8 Å². The minimum Gasteiger partial charge on any atom is -0.497 e. The lowest BCUT2D eigenvalue weighted by Crippen LogP contribution is -2.37. The Bertz CT molecular complexity index is 744. The van der Waals surface area contributed by atoms with Gasteiger partial charge in [0.25, 0.3) is 5.91 Å². The molecule has 1 fully saturated rings. The van der Waals surface area contributed by atoms with E-state index >= 15 is 0 Å². The van der Waals surface area contributed by atoms with Crippen LogP contribution in [0.5, 0.6) is 5.75 Å². The van der Waals surface area contributed by atoms with Crippen molar-refractivity contribution in [1.29, 1.82) is 0 Å². The summed E-state index contributed by atoms with van der Waals surface area (Å²) in [5.41, 5.74) is 1.38. The van der Waals surface area contributed by atoms with E-state index in [9.17, 15) is 9.59 Å². The summed E-state index contributed by atoms with van der Waals surface area (Å²) >= 11 is 3.34. The first-order valence-corrected chi connectivity index (χ1v) is 8.37. The maximum Gasteiger partial charge on any atom is 0.251 e. The molecule has 24 heavy (non-hydrogen) atoms. The van der Waals surface area contributed by atoms with Crippen LogP contribution in [-0.2, 0) is 4.79 Å². The summed E-state index contributed by atoms with van der Waals surface area (Å²) in [5.74, 6) is 0.573. The molecule has 0 spiro atoms. The summed E-state index contributed by atoms with van der Waals surface area (Å²) in [6, 6.07) is 14.2. The molecule has 1 aliphatic heterocycles. The predicted octanol–water partition coefficient (Wildman–Crippen LogP) is 2.99. The molecule has 6 heteroatoms. The van der Waals surface area contributed by atoms with Crippen molar-refractivity contribution in [2.24, 2.45) is 0 Å². The van der Waals surface area contributed by atoms with Gasteiger partial charge in [0, 0.05) is 28.7 Å². The number of ether oxygens (including phenoxy) is 1. The van der Waals surface area contributed by atoms with E-state index < -0.39 is 0 Å². The molecular formula is C18H17BrN2O3. The quantitative estimate of drug-likeness (QED) is 0.875. The Labute approximate surface area is 148 Å². The predicted molar refractivity (Wildman–Crippen MR) is 95.4 cm³/mol. The first-order chi connectivity index (χ1) is 11.6. The number of nitrogens with one attached hydrogen (secondary N) is 1. The monoisotopic (exact) mass is 388 g/mol. The summed E-state index contributed by atoms with van der Waals surface area (Å²) in [5, 5.41) is 2.93. The number of methoxy groups -OCH3 is 1. The van der Waals surface area contributed by atoms with Crippen molar-refractivity contribution in [3.8, 4) is 5.75 Å². The zero-order valence-electron chi connectivity index (χ0n) is 13.2. The highest BCUT2D eigenvalue weighted by atomic mass is 79.9. The molecular weight excluding hydrogens is 372 g/mol. The fraction of sp³-hybridized carbons (Fsp3) is 0.222. The van der Waals surface area contributed by atoms with Gasteiger partial charge >= 0.3 is 0 Å². The van der Waals surface area contributed by atoms with Gasteiger partial charge in [-0.2, -0.15) is 0 Å². The molecule has 2 aromatic rings. The minimum atomic E-state index is -0.198. The van der Waals surface area contributed by atoms with Crippen LogP contribution < -0.4 is 15.0 Å². The number of nitrogens with zero attached hydrogens (tertiary/aromatic N) is 1. The molecule has 1 N–H and O–H groups in total. The Hall–Kier alpha value is -2.34. The average Bonchev–Trinajstić information content (AvgIpc) is 2.95. The number of halogens is 1.